The molecule has 0 fully saturated rings. The van der Waals surface area contributed by atoms with Crippen LogP contribution in [0.2, 0.25) is 0 Å². The molecule has 7 heteroatoms. The highest BCUT2D eigenvalue weighted by Gasteiger charge is 2.35. The van der Waals surface area contributed by atoms with Gasteiger partial charge in [0, 0.05) is 18.1 Å². The van der Waals surface area contributed by atoms with E-state index in [1.54, 1.807) is 27.7 Å². The molecule has 0 heterocycles. The third kappa shape index (κ3) is 5.23. The molecule has 0 aliphatic rings. The summed E-state index contributed by atoms with van der Waals surface area (Å²) in [5, 5.41) is 28.6. The number of hydrogen-bond donors (Lipinski definition) is 3. The van der Waals surface area contributed by atoms with E-state index >= 15 is 0 Å². The second-order valence-corrected chi connectivity index (χ2v) is 6.76. The normalized spacial score (nSPS) is 13.7. The number of Topliss-reactive ketones (excluding diaryl/α,β-unsaturated/α-hetero) is 1. The van der Waals surface area contributed by atoms with E-state index in [1.807, 2.05) is 0 Å². The molecule has 0 radical (unpaired) electrons. The van der Waals surface area contributed by atoms with Gasteiger partial charge in [-0.25, -0.2) is 4.79 Å². The Morgan fingerprint density at radius 2 is 1.69 bits per heavy atom. The Labute approximate surface area is 152 Å². The van der Waals surface area contributed by atoms with Crippen LogP contribution in [0.4, 0.5) is 0 Å². The monoisotopic (exact) mass is 366 g/mol. The number of benzene rings is 1. The van der Waals surface area contributed by atoms with Crippen LogP contribution in [-0.2, 0) is 14.3 Å². The summed E-state index contributed by atoms with van der Waals surface area (Å²) in [6, 6.07) is 2.15. The summed E-state index contributed by atoms with van der Waals surface area (Å²) in [5.41, 5.74) is -1.99. The molecule has 1 rings (SSSR count). The topological polar surface area (TPSA) is 113 Å². The minimum absolute atomic E-state index is 0.0134. The average Bonchev–Trinajstić information content (AvgIpc) is 2.57. The Kier molecular flexibility index (Phi) is 6.80. The number of carbonyl (C=O) groups excluding carboxylic acids is 2. The highest BCUT2D eigenvalue weighted by molar-refractivity contribution is 6.03. The Balaban J connectivity index is 2.86. The van der Waals surface area contributed by atoms with Crippen molar-refractivity contribution in [3.63, 3.8) is 0 Å². The second-order valence-electron chi connectivity index (χ2n) is 6.76. The van der Waals surface area contributed by atoms with Crippen LogP contribution in [0.1, 0.15) is 50.9 Å². The lowest BCUT2D eigenvalue weighted by atomic mass is 9.91. The number of phenolic OH excluding ortho intramolecular Hbond substituents is 3. The summed E-state index contributed by atoms with van der Waals surface area (Å²) in [5.74, 6) is -2.87. The van der Waals surface area contributed by atoms with Crippen LogP contribution in [0.15, 0.2) is 24.8 Å². The fourth-order valence-electron chi connectivity index (χ4n) is 2.26. The number of ether oxygens (including phenoxy) is 2. The van der Waals surface area contributed by atoms with E-state index in [0.29, 0.717) is 12.8 Å². The maximum atomic E-state index is 12.8. The molecule has 1 aromatic rings. The third-order valence-electron chi connectivity index (χ3n) is 4.16. The van der Waals surface area contributed by atoms with E-state index in [9.17, 15) is 24.9 Å². The van der Waals surface area contributed by atoms with Crippen molar-refractivity contribution in [3.05, 3.63) is 30.4 Å². The van der Waals surface area contributed by atoms with Crippen LogP contribution >= 0.6 is 0 Å². The van der Waals surface area contributed by atoms with Crippen LogP contribution < -0.4 is 0 Å². The van der Waals surface area contributed by atoms with Crippen molar-refractivity contribution in [2.75, 3.05) is 6.61 Å². The van der Waals surface area contributed by atoms with Gasteiger partial charge in [-0.05, 0) is 39.3 Å². The molecule has 0 amide bonds. The van der Waals surface area contributed by atoms with Crippen molar-refractivity contribution in [1.29, 1.82) is 0 Å². The van der Waals surface area contributed by atoms with E-state index in [0.717, 1.165) is 18.2 Å². The quantitative estimate of drug-likeness (QED) is 0.266. The standard InChI is InChI=1S/C19H26O7/c1-6-15(22)26-18(3,4)8-9-25-19(5,7-2)17(24)12-10-13(20)16(23)14(21)11-12/h6,10-11,20-21,23H,1,7-9H2,2-5H3. The van der Waals surface area contributed by atoms with Gasteiger partial charge in [0.1, 0.15) is 11.2 Å². The van der Waals surface area contributed by atoms with Crippen molar-refractivity contribution in [2.45, 2.75) is 51.7 Å². The molecular weight excluding hydrogens is 340 g/mol. The summed E-state index contributed by atoms with van der Waals surface area (Å²) in [4.78, 5) is 24.1. The van der Waals surface area contributed by atoms with Gasteiger partial charge in [-0.1, -0.05) is 13.5 Å². The molecule has 0 bridgehead atoms. The molecule has 0 saturated carbocycles. The van der Waals surface area contributed by atoms with E-state index in [4.69, 9.17) is 9.47 Å². The average molecular weight is 366 g/mol. The van der Waals surface area contributed by atoms with E-state index in [1.165, 1.54) is 0 Å². The van der Waals surface area contributed by atoms with Gasteiger partial charge in [-0.15, -0.1) is 0 Å². The predicted molar refractivity (Wildman–Crippen MR) is 95.4 cm³/mol. The predicted octanol–water partition coefficient (Wildman–Crippen LogP) is 3.07. The van der Waals surface area contributed by atoms with E-state index < -0.39 is 40.2 Å². The number of esters is 1. The van der Waals surface area contributed by atoms with Crippen molar-refractivity contribution < 1.29 is 34.4 Å². The van der Waals surface area contributed by atoms with Gasteiger partial charge in [0.15, 0.2) is 23.0 Å². The molecule has 0 saturated heterocycles. The fraction of sp³-hybridized carbons (Fsp3) is 0.474. The van der Waals surface area contributed by atoms with Crippen LogP contribution in [0.3, 0.4) is 0 Å². The summed E-state index contributed by atoms with van der Waals surface area (Å²) in [7, 11) is 0. The summed E-state index contributed by atoms with van der Waals surface area (Å²) in [6.45, 7) is 10.3. The molecular formula is C19H26O7. The Morgan fingerprint density at radius 1 is 1.15 bits per heavy atom. The number of carbonyl (C=O) groups is 2. The van der Waals surface area contributed by atoms with Gasteiger partial charge in [-0.3, -0.25) is 4.79 Å². The van der Waals surface area contributed by atoms with Gasteiger partial charge in [0.25, 0.3) is 0 Å². The fourth-order valence-corrected chi connectivity index (χ4v) is 2.26. The number of aromatic hydroxyl groups is 3. The van der Waals surface area contributed by atoms with E-state index in [2.05, 4.69) is 6.58 Å². The maximum absolute atomic E-state index is 12.8. The van der Waals surface area contributed by atoms with Crippen LogP contribution in [0.5, 0.6) is 17.2 Å². The third-order valence-corrected chi connectivity index (χ3v) is 4.16. The second kappa shape index (κ2) is 8.23. The van der Waals surface area contributed by atoms with Crippen molar-refractivity contribution in [2.24, 2.45) is 0 Å². The number of ketones is 1. The minimum Gasteiger partial charge on any atom is -0.504 e. The van der Waals surface area contributed by atoms with Crippen molar-refractivity contribution >= 4 is 11.8 Å². The largest absolute Gasteiger partial charge is 0.504 e. The molecule has 1 aromatic carbocycles. The summed E-state index contributed by atoms with van der Waals surface area (Å²) < 4.78 is 11.0. The van der Waals surface area contributed by atoms with Crippen LogP contribution in [-0.4, -0.2) is 44.9 Å². The van der Waals surface area contributed by atoms with Crippen LogP contribution in [0, 0.1) is 0 Å². The lowest BCUT2D eigenvalue weighted by Crippen LogP contribution is -2.39. The number of hydrogen-bond acceptors (Lipinski definition) is 7. The first-order valence-electron chi connectivity index (χ1n) is 8.25. The molecule has 1 unspecified atom stereocenters. The highest BCUT2D eigenvalue weighted by Crippen LogP contribution is 2.37. The SMILES string of the molecule is C=CC(=O)OC(C)(C)CCOC(C)(CC)C(=O)c1cc(O)c(O)c(O)c1. The van der Waals surface area contributed by atoms with Gasteiger partial charge in [0.2, 0.25) is 0 Å². The van der Waals surface area contributed by atoms with Gasteiger partial charge in [-0.2, -0.15) is 0 Å². The lowest BCUT2D eigenvalue weighted by Gasteiger charge is -2.30. The first kappa shape index (κ1) is 21.5. The molecule has 3 N–H and O–H groups in total. The number of rotatable bonds is 9. The highest BCUT2D eigenvalue weighted by atomic mass is 16.6. The van der Waals surface area contributed by atoms with Crippen molar-refractivity contribution in [3.8, 4) is 17.2 Å². The zero-order chi connectivity index (χ0) is 20.1. The smallest absolute Gasteiger partial charge is 0.330 e. The molecule has 26 heavy (non-hydrogen) atoms. The Hall–Kier alpha value is -2.54. The van der Waals surface area contributed by atoms with Gasteiger partial charge < -0.3 is 24.8 Å². The molecule has 7 nitrogen and oxygen atoms in total. The molecule has 144 valence electrons. The van der Waals surface area contributed by atoms with Gasteiger partial charge >= 0.3 is 5.97 Å². The minimum atomic E-state index is -1.21. The van der Waals surface area contributed by atoms with Gasteiger partial charge in [0.05, 0.1) is 6.61 Å². The first-order valence-corrected chi connectivity index (χ1v) is 8.25. The summed E-state index contributed by atoms with van der Waals surface area (Å²) in [6.07, 6.45) is 1.76. The molecule has 0 aliphatic carbocycles. The molecule has 1 atom stereocenters. The lowest BCUT2D eigenvalue weighted by molar-refractivity contribution is -0.152. The number of phenols is 3. The Morgan fingerprint density at radius 3 is 2.15 bits per heavy atom. The van der Waals surface area contributed by atoms with Crippen molar-refractivity contribution in [1.82, 2.24) is 0 Å². The molecule has 0 aliphatic heterocycles. The zero-order valence-corrected chi connectivity index (χ0v) is 15.5. The van der Waals surface area contributed by atoms with Crippen LogP contribution in [0.25, 0.3) is 0 Å². The summed E-state index contributed by atoms with van der Waals surface area (Å²) >= 11 is 0. The van der Waals surface area contributed by atoms with E-state index in [-0.39, 0.29) is 12.2 Å². The first-order chi connectivity index (χ1) is 12.0. The Bertz CT molecular complexity index is 670. The zero-order valence-electron chi connectivity index (χ0n) is 15.5. The molecule has 0 spiro atoms. The molecule has 0 aromatic heterocycles. The maximum Gasteiger partial charge on any atom is 0.330 e.